The second kappa shape index (κ2) is 9.16. The number of anilines is 1. The number of halogens is 3. The van der Waals surface area contributed by atoms with Gasteiger partial charge in [-0.3, -0.25) is 9.78 Å². The molecule has 1 saturated heterocycles. The van der Waals surface area contributed by atoms with E-state index in [1.807, 2.05) is 30.3 Å². The molecule has 1 aliphatic rings. The summed E-state index contributed by atoms with van der Waals surface area (Å²) >= 11 is 0. The number of benzene rings is 2. The summed E-state index contributed by atoms with van der Waals surface area (Å²) in [6, 6.07) is 14.5. The zero-order valence-corrected chi connectivity index (χ0v) is 20.5. The highest BCUT2D eigenvalue weighted by Gasteiger charge is 2.30. The number of amides is 1. The van der Waals surface area contributed by atoms with Gasteiger partial charge in [-0.15, -0.1) is 0 Å². The van der Waals surface area contributed by atoms with Crippen molar-refractivity contribution in [1.82, 2.24) is 30.0 Å². The number of carbonyl (C=O) groups excluding carboxylic acids is 1. The molecule has 0 bridgehead atoms. The van der Waals surface area contributed by atoms with Crippen molar-refractivity contribution in [2.45, 2.75) is 25.1 Å². The number of pyridine rings is 1. The smallest absolute Gasteiger partial charge is 0.355 e. The predicted octanol–water partition coefficient (Wildman–Crippen LogP) is 5.19. The Balaban J connectivity index is 1.33. The first kappa shape index (κ1) is 24.0. The molecule has 1 unspecified atom stereocenters. The average Bonchev–Trinajstić information content (AvgIpc) is 3.55. The van der Waals surface area contributed by atoms with Crippen LogP contribution in [0.25, 0.3) is 33.3 Å². The number of hydrogen-bond acceptors (Lipinski definition) is 5. The van der Waals surface area contributed by atoms with E-state index in [0.29, 0.717) is 29.4 Å². The monoisotopic (exact) mass is 519 g/mol. The molecular formula is C27H24F3N7O. The van der Waals surface area contributed by atoms with E-state index in [1.54, 1.807) is 13.2 Å². The van der Waals surface area contributed by atoms with Crippen molar-refractivity contribution in [1.29, 1.82) is 0 Å². The fourth-order valence-corrected chi connectivity index (χ4v) is 5.23. The largest absolute Gasteiger partial charge is 0.416 e. The van der Waals surface area contributed by atoms with E-state index in [2.05, 4.69) is 34.9 Å². The Kier molecular flexibility index (Phi) is 5.77. The number of piperidine rings is 1. The third-order valence-corrected chi connectivity index (χ3v) is 7.05. The Morgan fingerprint density at radius 3 is 2.68 bits per heavy atom. The van der Waals surface area contributed by atoms with E-state index in [9.17, 15) is 18.0 Å². The number of aromatic amines is 1. The topological polar surface area (TPSA) is 91.7 Å². The quantitative estimate of drug-likeness (QED) is 0.341. The van der Waals surface area contributed by atoms with Crippen LogP contribution < -0.4 is 10.2 Å². The summed E-state index contributed by atoms with van der Waals surface area (Å²) in [6.07, 6.45) is -0.801. The number of alkyl halides is 3. The van der Waals surface area contributed by atoms with Crippen molar-refractivity contribution in [3.8, 4) is 11.4 Å². The molecule has 4 heterocycles. The third-order valence-electron chi connectivity index (χ3n) is 7.05. The SMILES string of the molecule is CNC(=O)c1ccc2c3ncccc3n(C3CCCN(c4nc(-c5ccc(C(F)(F)F)cc5)n[nH]4)C3)c2c1. The zero-order chi connectivity index (χ0) is 26.4. The minimum absolute atomic E-state index is 0.0764. The van der Waals surface area contributed by atoms with E-state index in [1.165, 1.54) is 12.1 Å². The van der Waals surface area contributed by atoms with Crippen LogP contribution in [0.4, 0.5) is 19.1 Å². The van der Waals surface area contributed by atoms with Crippen LogP contribution in [0.15, 0.2) is 60.8 Å². The number of hydrogen-bond donors (Lipinski definition) is 2. The average molecular weight is 520 g/mol. The summed E-state index contributed by atoms with van der Waals surface area (Å²) in [5.41, 5.74) is 3.18. The number of aromatic nitrogens is 5. The molecule has 0 aliphatic carbocycles. The summed E-state index contributed by atoms with van der Waals surface area (Å²) < 4.78 is 41.0. The zero-order valence-electron chi connectivity index (χ0n) is 20.5. The molecule has 2 aromatic carbocycles. The van der Waals surface area contributed by atoms with Gasteiger partial charge in [0.05, 0.1) is 28.2 Å². The summed E-state index contributed by atoms with van der Waals surface area (Å²) in [6.45, 7) is 1.40. The van der Waals surface area contributed by atoms with Crippen LogP contribution in [-0.2, 0) is 6.18 Å². The van der Waals surface area contributed by atoms with Gasteiger partial charge in [-0.05, 0) is 55.3 Å². The van der Waals surface area contributed by atoms with Crippen LogP contribution in [0.2, 0.25) is 0 Å². The lowest BCUT2D eigenvalue weighted by molar-refractivity contribution is -0.137. The van der Waals surface area contributed by atoms with Gasteiger partial charge in [-0.1, -0.05) is 12.1 Å². The molecule has 5 aromatic rings. The molecule has 1 fully saturated rings. The third kappa shape index (κ3) is 4.13. The highest BCUT2D eigenvalue weighted by Crippen LogP contribution is 2.36. The lowest BCUT2D eigenvalue weighted by Gasteiger charge is -2.34. The maximum absolute atomic E-state index is 12.9. The maximum Gasteiger partial charge on any atom is 0.416 e. The molecule has 2 N–H and O–H groups in total. The molecule has 6 rings (SSSR count). The Bertz CT molecular complexity index is 1640. The molecule has 8 nitrogen and oxygen atoms in total. The van der Waals surface area contributed by atoms with Crippen LogP contribution in [0.3, 0.4) is 0 Å². The second-order valence-electron chi connectivity index (χ2n) is 9.35. The number of nitrogens with one attached hydrogen (secondary N) is 2. The van der Waals surface area contributed by atoms with Gasteiger partial charge in [0, 0.05) is 42.8 Å². The van der Waals surface area contributed by atoms with Gasteiger partial charge in [0.15, 0.2) is 5.82 Å². The van der Waals surface area contributed by atoms with Crippen LogP contribution in [-0.4, -0.2) is 50.8 Å². The Morgan fingerprint density at radius 2 is 1.92 bits per heavy atom. The van der Waals surface area contributed by atoms with Crippen LogP contribution >= 0.6 is 0 Å². The normalized spacial score (nSPS) is 16.3. The predicted molar refractivity (Wildman–Crippen MR) is 138 cm³/mol. The van der Waals surface area contributed by atoms with E-state index in [4.69, 9.17) is 0 Å². The summed E-state index contributed by atoms with van der Waals surface area (Å²) in [7, 11) is 1.61. The van der Waals surface area contributed by atoms with Crippen LogP contribution in [0, 0.1) is 0 Å². The Morgan fingerprint density at radius 1 is 1.11 bits per heavy atom. The lowest BCUT2D eigenvalue weighted by Crippen LogP contribution is -2.37. The minimum atomic E-state index is -4.39. The van der Waals surface area contributed by atoms with Crippen molar-refractivity contribution in [2.24, 2.45) is 0 Å². The van der Waals surface area contributed by atoms with Gasteiger partial charge in [0.25, 0.3) is 5.91 Å². The van der Waals surface area contributed by atoms with Gasteiger partial charge in [0.1, 0.15) is 0 Å². The van der Waals surface area contributed by atoms with Crippen molar-refractivity contribution >= 4 is 33.8 Å². The van der Waals surface area contributed by atoms with Crippen molar-refractivity contribution in [3.63, 3.8) is 0 Å². The van der Waals surface area contributed by atoms with Gasteiger partial charge in [0.2, 0.25) is 5.95 Å². The van der Waals surface area contributed by atoms with E-state index in [0.717, 1.165) is 53.5 Å². The molecule has 0 saturated carbocycles. The number of fused-ring (bicyclic) bond motifs is 3. The number of rotatable bonds is 4. The Hall–Kier alpha value is -4.41. The molecule has 1 aliphatic heterocycles. The molecule has 11 heteroatoms. The molecule has 38 heavy (non-hydrogen) atoms. The lowest BCUT2D eigenvalue weighted by atomic mass is 10.1. The number of nitrogens with zero attached hydrogens (tertiary/aromatic N) is 5. The molecule has 0 spiro atoms. The fourth-order valence-electron chi connectivity index (χ4n) is 5.23. The first-order chi connectivity index (χ1) is 18.3. The van der Waals surface area contributed by atoms with Crippen molar-refractivity contribution < 1.29 is 18.0 Å². The minimum Gasteiger partial charge on any atom is -0.355 e. The number of carbonyl (C=O) groups is 1. The second-order valence-corrected chi connectivity index (χ2v) is 9.35. The van der Waals surface area contributed by atoms with Gasteiger partial charge >= 0.3 is 6.18 Å². The van der Waals surface area contributed by atoms with Gasteiger partial charge in [-0.2, -0.15) is 23.3 Å². The van der Waals surface area contributed by atoms with Crippen LogP contribution in [0.1, 0.15) is 34.8 Å². The highest BCUT2D eigenvalue weighted by atomic mass is 19.4. The van der Waals surface area contributed by atoms with E-state index in [-0.39, 0.29) is 11.9 Å². The highest BCUT2D eigenvalue weighted by molar-refractivity contribution is 6.08. The summed E-state index contributed by atoms with van der Waals surface area (Å²) in [5.74, 6) is 0.751. The number of H-pyrrole nitrogens is 1. The summed E-state index contributed by atoms with van der Waals surface area (Å²) in [5, 5.41) is 10.9. The van der Waals surface area contributed by atoms with Gasteiger partial charge < -0.3 is 14.8 Å². The van der Waals surface area contributed by atoms with E-state index >= 15 is 0 Å². The first-order valence-corrected chi connectivity index (χ1v) is 12.3. The molecule has 1 atom stereocenters. The van der Waals surface area contributed by atoms with Gasteiger partial charge in [-0.25, -0.2) is 5.10 Å². The van der Waals surface area contributed by atoms with Crippen molar-refractivity contribution in [2.75, 3.05) is 25.0 Å². The van der Waals surface area contributed by atoms with Crippen molar-refractivity contribution in [3.05, 3.63) is 71.9 Å². The van der Waals surface area contributed by atoms with E-state index < -0.39 is 11.7 Å². The standard InChI is InChI=1S/C27H24F3N7O/c1-31-25(38)17-8-11-20-22(14-17)37(21-5-2-12-32-23(20)21)19-4-3-13-36(15-19)26-33-24(34-35-26)16-6-9-18(10-7-16)27(28,29)30/h2,5-12,14,19H,3-4,13,15H2,1H3,(H,31,38)(H,33,34,35). The first-order valence-electron chi connectivity index (χ1n) is 12.3. The fraction of sp³-hybridized carbons (Fsp3) is 0.259. The maximum atomic E-state index is 12.9. The molecular weight excluding hydrogens is 495 g/mol. The Labute approximate surface area is 215 Å². The molecule has 3 aromatic heterocycles. The van der Waals surface area contributed by atoms with Crippen LogP contribution in [0.5, 0.6) is 0 Å². The molecule has 1 amide bonds. The molecule has 0 radical (unpaired) electrons. The summed E-state index contributed by atoms with van der Waals surface area (Å²) in [4.78, 5) is 23.7. The molecule has 194 valence electrons.